The van der Waals surface area contributed by atoms with E-state index in [9.17, 15) is 0 Å². The molecule has 1 aliphatic rings. The van der Waals surface area contributed by atoms with Gasteiger partial charge >= 0.3 is 0 Å². The van der Waals surface area contributed by atoms with Crippen molar-refractivity contribution in [1.82, 2.24) is 4.90 Å². The number of likely N-dealkylation sites (tertiary alicyclic amines) is 1. The van der Waals surface area contributed by atoms with Gasteiger partial charge in [-0.15, -0.1) is 0 Å². The molecule has 1 fully saturated rings. The zero-order valence-electron chi connectivity index (χ0n) is 7.75. The Morgan fingerprint density at radius 2 is 2.27 bits per heavy atom. The lowest BCUT2D eigenvalue weighted by Gasteiger charge is -2.33. The summed E-state index contributed by atoms with van der Waals surface area (Å²) in [7, 11) is 2.19. The van der Waals surface area contributed by atoms with E-state index in [0.29, 0.717) is 12.1 Å². The molecule has 2 atom stereocenters. The fourth-order valence-electron chi connectivity index (χ4n) is 1.61. The van der Waals surface area contributed by atoms with Crippen molar-refractivity contribution >= 4 is 6.21 Å². The van der Waals surface area contributed by atoms with Gasteiger partial charge in [-0.1, -0.05) is 0 Å². The van der Waals surface area contributed by atoms with E-state index in [1.807, 2.05) is 13.1 Å². The molecule has 0 aromatic rings. The Labute approximate surface area is 69.3 Å². The summed E-state index contributed by atoms with van der Waals surface area (Å²) in [5.41, 5.74) is 0. The van der Waals surface area contributed by atoms with Crippen molar-refractivity contribution in [3.05, 3.63) is 0 Å². The van der Waals surface area contributed by atoms with Gasteiger partial charge in [0.1, 0.15) is 0 Å². The first kappa shape index (κ1) is 8.72. The highest BCUT2D eigenvalue weighted by Crippen LogP contribution is 2.17. The molecule has 1 rings (SSSR count). The van der Waals surface area contributed by atoms with Crippen LogP contribution in [-0.4, -0.2) is 36.8 Å². The van der Waals surface area contributed by atoms with Gasteiger partial charge in [0, 0.05) is 12.6 Å². The first-order valence-electron chi connectivity index (χ1n) is 4.42. The van der Waals surface area contributed by atoms with Crippen LogP contribution in [0.15, 0.2) is 4.99 Å². The Bertz CT molecular complexity index is 142. The summed E-state index contributed by atoms with van der Waals surface area (Å²) >= 11 is 0. The van der Waals surface area contributed by atoms with Crippen molar-refractivity contribution in [2.45, 2.75) is 38.8 Å². The van der Waals surface area contributed by atoms with Crippen LogP contribution >= 0.6 is 0 Å². The van der Waals surface area contributed by atoms with Crippen LogP contribution in [0.3, 0.4) is 0 Å². The largest absolute Gasteiger partial charge is 0.304 e. The number of aliphatic imine (C=N–C) groups is 1. The van der Waals surface area contributed by atoms with E-state index in [1.165, 1.54) is 19.4 Å². The molecule has 0 N–H and O–H groups in total. The smallest absolute Gasteiger partial charge is 0.0522 e. The van der Waals surface area contributed by atoms with Gasteiger partial charge in [-0.3, -0.25) is 4.99 Å². The molecule has 1 heterocycles. The fraction of sp³-hybridized carbons (Fsp3) is 0.889. The summed E-state index contributed by atoms with van der Waals surface area (Å²) in [6.45, 7) is 5.48. The highest BCUT2D eigenvalue weighted by Gasteiger charge is 2.21. The summed E-state index contributed by atoms with van der Waals surface area (Å²) in [5.74, 6) is 0. The van der Waals surface area contributed by atoms with E-state index in [4.69, 9.17) is 0 Å². The first-order chi connectivity index (χ1) is 5.24. The molecule has 0 radical (unpaired) electrons. The second kappa shape index (κ2) is 3.86. The zero-order valence-corrected chi connectivity index (χ0v) is 7.75. The molecular formula is C9H18N2. The van der Waals surface area contributed by atoms with Gasteiger partial charge in [-0.05, 0) is 40.0 Å². The second-order valence-electron chi connectivity index (χ2n) is 3.42. The number of hydrogen-bond acceptors (Lipinski definition) is 2. The summed E-state index contributed by atoms with van der Waals surface area (Å²) in [4.78, 5) is 6.82. The van der Waals surface area contributed by atoms with Crippen molar-refractivity contribution in [2.75, 3.05) is 13.6 Å². The zero-order chi connectivity index (χ0) is 8.27. The Morgan fingerprint density at radius 3 is 2.82 bits per heavy atom. The van der Waals surface area contributed by atoms with Gasteiger partial charge in [0.05, 0.1) is 6.04 Å². The third kappa shape index (κ3) is 2.29. The number of rotatable bonds is 1. The first-order valence-corrected chi connectivity index (χ1v) is 4.42. The van der Waals surface area contributed by atoms with Gasteiger partial charge in [-0.25, -0.2) is 0 Å². The lowest BCUT2D eigenvalue weighted by Crippen LogP contribution is -2.39. The molecule has 1 unspecified atom stereocenters. The second-order valence-corrected chi connectivity index (χ2v) is 3.42. The van der Waals surface area contributed by atoms with Crippen LogP contribution in [0.2, 0.25) is 0 Å². The van der Waals surface area contributed by atoms with Crippen molar-refractivity contribution in [3.8, 4) is 0 Å². The number of nitrogens with zero attached hydrogens (tertiary/aromatic N) is 2. The van der Waals surface area contributed by atoms with Gasteiger partial charge in [-0.2, -0.15) is 0 Å². The molecule has 0 spiro atoms. The molecule has 11 heavy (non-hydrogen) atoms. The Morgan fingerprint density at radius 1 is 1.55 bits per heavy atom. The topological polar surface area (TPSA) is 15.6 Å². The van der Waals surface area contributed by atoms with Gasteiger partial charge in [0.15, 0.2) is 0 Å². The quantitative estimate of drug-likeness (QED) is 0.523. The third-order valence-electron chi connectivity index (χ3n) is 2.54. The average Bonchev–Trinajstić information content (AvgIpc) is 1.98. The third-order valence-corrected chi connectivity index (χ3v) is 2.54. The summed E-state index contributed by atoms with van der Waals surface area (Å²) in [5, 5.41) is 0. The van der Waals surface area contributed by atoms with Gasteiger partial charge in [0.2, 0.25) is 0 Å². The lowest BCUT2D eigenvalue weighted by atomic mass is 10.00. The molecule has 0 bridgehead atoms. The molecule has 1 aliphatic heterocycles. The minimum absolute atomic E-state index is 0.589. The Hall–Kier alpha value is -0.370. The molecule has 0 aromatic heterocycles. The minimum atomic E-state index is 0.589. The summed E-state index contributed by atoms with van der Waals surface area (Å²) < 4.78 is 0. The molecule has 0 amide bonds. The van der Waals surface area contributed by atoms with Crippen LogP contribution in [-0.2, 0) is 0 Å². The molecule has 2 heteroatoms. The maximum Gasteiger partial charge on any atom is 0.0522 e. The SMILES string of the molecule is CC=NC1CCN(C)[C@@H](C)C1. The van der Waals surface area contributed by atoms with Crippen LogP contribution in [0.25, 0.3) is 0 Å². The van der Waals surface area contributed by atoms with Crippen LogP contribution in [0.4, 0.5) is 0 Å². The number of hydrogen-bond donors (Lipinski definition) is 0. The van der Waals surface area contributed by atoms with Crippen molar-refractivity contribution in [1.29, 1.82) is 0 Å². The van der Waals surface area contributed by atoms with Gasteiger partial charge < -0.3 is 4.90 Å². The monoisotopic (exact) mass is 154 g/mol. The predicted molar refractivity (Wildman–Crippen MR) is 49.3 cm³/mol. The van der Waals surface area contributed by atoms with Crippen LogP contribution in [0, 0.1) is 0 Å². The van der Waals surface area contributed by atoms with Crippen molar-refractivity contribution < 1.29 is 0 Å². The van der Waals surface area contributed by atoms with E-state index in [1.54, 1.807) is 0 Å². The molecule has 0 aliphatic carbocycles. The lowest BCUT2D eigenvalue weighted by molar-refractivity contribution is 0.185. The maximum absolute atomic E-state index is 4.42. The maximum atomic E-state index is 4.42. The molecule has 1 saturated heterocycles. The van der Waals surface area contributed by atoms with Crippen molar-refractivity contribution in [3.63, 3.8) is 0 Å². The standard InChI is InChI=1S/C9H18N2/c1-4-10-9-5-6-11(3)8(2)7-9/h4,8-9H,5-7H2,1-3H3/t8-,9?/m0/s1. The normalized spacial score (nSPS) is 34.8. The van der Waals surface area contributed by atoms with Crippen molar-refractivity contribution in [2.24, 2.45) is 4.99 Å². The molecular weight excluding hydrogens is 136 g/mol. The minimum Gasteiger partial charge on any atom is -0.304 e. The van der Waals surface area contributed by atoms with Gasteiger partial charge in [0.25, 0.3) is 0 Å². The highest BCUT2D eigenvalue weighted by atomic mass is 15.1. The molecule has 2 nitrogen and oxygen atoms in total. The summed E-state index contributed by atoms with van der Waals surface area (Å²) in [6.07, 6.45) is 4.38. The number of piperidine rings is 1. The Kier molecular flexibility index (Phi) is 3.06. The molecule has 0 aromatic carbocycles. The van der Waals surface area contributed by atoms with E-state index in [-0.39, 0.29) is 0 Å². The predicted octanol–water partition coefficient (Wildman–Crippen LogP) is 1.56. The molecule has 64 valence electrons. The average molecular weight is 154 g/mol. The molecule has 0 saturated carbocycles. The van der Waals surface area contributed by atoms with Crippen LogP contribution in [0.1, 0.15) is 26.7 Å². The van der Waals surface area contributed by atoms with Crippen LogP contribution in [0.5, 0.6) is 0 Å². The van der Waals surface area contributed by atoms with E-state index >= 15 is 0 Å². The van der Waals surface area contributed by atoms with E-state index < -0.39 is 0 Å². The van der Waals surface area contributed by atoms with Crippen LogP contribution < -0.4 is 0 Å². The Balaban J connectivity index is 2.39. The summed E-state index contributed by atoms with van der Waals surface area (Å²) in [6, 6.07) is 1.30. The fourth-order valence-corrected chi connectivity index (χ4v) is 1.61. The van der Waals surface area contributed by atoms with E-state index in [2.05, 4.69) is 23.9 Å². The highest BCUT2D eigenvalue weighted by molar-refractivity contribution is 5.53. The van der Waals surface area contributed by atoms with E-state index in [0.717, 1.165) is 0 Å².